The van der Waals surface area contributed by atoms with E-state index in [4.69, 9.17) is 5.11 Å². The van der Waals surface area contributed by atoms with Gasteiger partial charge in [0.25, 0.3) is 5.91 Å². The first-order chi connectivity index (χ1) is 6.27. The molecule has 1 aromatic carbocycles. The average Bonchev–Trinajstić information content (AvgIpc) is 2.01. The molecule has 1 aromatic rings. The number of benzene rings is 1. The van der Waals surface area contributed by atoms with Crippen molar-refractivity contribution >= 4 is 5.91 Å². The van der Waals surface area contributed by atoms with Gasteiger partial charge in [-0.1, -0.05) is 6.07 Å². The Kier molecular flexibility index (Phi) is 1.93. The van der Waals surface area contributed by atoms with Crippen molar-refractivity contribution in [1.82, 2.24) is 4.90 Å². The molecule has 0 atom stereocenters. The minimum absolute atomic E-state index is 0.0159. The van der Waals surface area contributed by atoms with Crippen molar-refractivity contribution in [2.75, 3.05) is 13.1 Å². The highest BCUT2D eigenvalue weighted by atomic mass is 16.3. The summed E-state index contributed by atoms with van der Waals surface area (Å²) < 4.78 is 0. The molecule has 1 amide bonds. The second kappa shape index (κ2) is 3.09. The number of rotatable bonds is 1. The first-order valence-corrected chi connectivity index (χ1v) is 4.36. The van der Waals surface area contributed by atoms with Gasteiger partial charge in [-0.2, -0.15) is 0 Å². The Hall–Kier alpha value is -1.51. The maximum Gasteiger partial charge on any atom is 0.253 e. The van der Waals surface area contributed by atoms with Crippen LogP contribution in [0.15, 0.2) is 24.3 Å². The highest BCUT2D eigenvalue weighted by Crippen LogP contribution is 2.16. The van der Waals surface area contributed by atoms with E-state index in [-0.39, 0.29) is 11.7 Å². The predicted octanol–water partition coefficient (Wildman–Crippen LogP) is 1.24. The van der Waals surface area contributed by atoms with Crippen LogP contribution < -0.4 is 0 Å². The summed E-state index contributed by atoms with van der Waals surface area (Å²) in [5.41, 5.74) is 0.569. The summed E-state index contributed by atoms with van der Waals surface area (Å²) in [6.07, 6.45) is 1.09. The Morgan fingerprint density at radius 1 is 1.38 bits per heavy atom. The number of hydrogen-bond acceptors (Lipinski definition) is 2. The molecule has 3 nitrogen and oxygen atoms in total. The fourth-order valence-corrected chi connectivity index (χ4v) is 1.34. The number of amides is 1. The van der Waals surface area contributed by atoms with Gasteiger partial charge in [0.05, 0.1) is 0 Å². The highest BCUT2D eigenvalue weighted by molar-refractivity contribution is 5.95. The molecule has 0 unspecified atom stereocenters. The molecule has 0 aliphatic carbocycles. The fourth-order valence-electron chi connectivity index (χ4n) is 1.34. The Bertz CT molecular complexity index is 331. The largest absolute Gasteiger partial charge is 0.508 e. The second-order valence-corrected chi connectivity index (χ2v) is 3.20. The Morgan fingerprint density at radius 3 is 2.69 bits per heavy atom. The minimum Gasteiger partial charge on any atom is -0.508 e. The number of phenolic OH excluding ortho intramolecular Hbond substituents is 1. The van der Waals surface area contributed by atoms with Crippen molar-refractivity contribution in [2.45, 2.75) is 6.42 Å². The lowest BCUT2D eigenvalue weighted by molar-refractivity contribution is 0.0651. The van der Waals surface area contributed by atoms with Gasteiger partial charge in [0, 0.05) is 18.7 Å². The number of nitrogens with zero attached hydrogens (tertiary/aromatic N) is 1. The lowest BCUT2D eigenvalue weighted by Crippen LogP contribution is -2.41. The third-order valence-electron chi connectivity index (χ3n) is 2.24. The quantitative estimate of drug-likeness (QED) is 0.701. The lowest BCUT2D eigenvalue weighted by atomic mass is 10.1. The van der Waals surface area contributed by atoms with E-state index in [0.717, 1.165) is 19.5 Å². The lowest BCUT2D eigenvalue weighted by Gasteiger charge is -2.30. The van der Waals surface area contributed by atoms with Crippen LogP contribution >= 0.6 is 0 Å². The smallest absolute Gasteiger partial charge is 0.253 e. The monoisotopic (exact) mass is 177 g/mol. The van der Waals surface area contributed by atoms with E-state index < -0.39 is 0 Å². The zero-order valence-corrected chi connectivity index (χ0v) is 7.23. The van der Waals surface area contributed by atoms with Crippen molar-refractivity contribution in [3.05, 3.63) is 29.8 Å². The van der Waals surface area contributed by atoms with Gasteiger partial charge in [0.15, 0.2) is 0 Å². The molecule has 13 heavy (non-hydrogen) atoms. The van der Waals surface area contributed by atoms with Gasteiger partial charge in [-0.3, -0.25) is 4.79 Å². The molecule has 0 aromatic heterocycles. The van der Waals surface area contributed by atoms with Crippen molar-refractivity contribution in [3.63, 3.8) is 0 Å². The highest BCUT2D eigenvalue weighted by Gasteiger charge is 2.21. The summed E-state index contributed by atoms with van der Waals surface area (Å²) in [5, 5.41) is 9.16. The van der Waals surface area contributed by atoms with Crippen LogP contribution in [0.1, 0.15) is 16.8 Å². The molecular formula is C10H11NO2. The van der Waals surface area contributed by atoms with Gasteiger partial charge in [-0.25, -0.2) is 0 Å². The van der Waals surface area contributed by atoms with Crippen molar-refractivity contribution in [1.29, 1.82) is 0 Å². The van der Waals surface area contributed by atoms with Gasteiger partial charge in [0.1, 0.15) is 5.75 Å². The van der Waals surface area contributed by atoms with Crippen LogP contribution in [0.25, 0.3) is 0 Å². The Morgan fingerprint density at radius 2 is 2.15 bits per heavy atom. The third kappa shape index (κ3) is 1.49. The van der Waals surface area contributed by atoms with Crippen molar-refractivity contribution in [2.24, 2.45) is 0 Å². The number of likely N-dealkylation sites (tertiary alicyclic amines) is 1. The molecule has 0 spiro atoms. The molecule has 0 radical (unpaired) electrons. The minimum atomic E-state index is 0.0159. The van der Waals surface area contributed by atoms with Crippen LogP contribution in [0.3, 0.4) is 0 Å². The van der Waals surface area contributed by atoms with Crippen molar-refractivity contribution in [3.8, 4) is 5.75 Å². The maximum absolute atomic E-state index is 11.6. The molecule has 1 aliphatic rings. The maximum atomic E-state index is 11.6. The topological polar surface area (TPSA) is 40.5 Å². The Balaban J connectivity index is 2.19. The average molecular weight is 177 g/mol. The van der Waals surface area contributed by atoms with Gasteiger partial charge in [-0.05, 0) is 24.6 Å². The summed E-state index contributed by atoms with van der Waals surface area (Å²) in [7, 11) is 0. The number of carbonyl (C=O) groups excluding carboxylic acids is 1. The number of aromatic hydroxyl groups is 1. The first-order valence-electron chi connectivity index (χ1n) is 4.36. The molecule has 2 rings (SSSR count). The molecule has 0 saturated carbocycles. The molecule has 3 heteroatoms. The van der Waals surface area contributed by atoms with Crippen LogP contribution in [0, 0.1) is 0 Å². The van der Waals surface area contributed by atoms with Crippen LogP contribution in [0.4, 0.5) is 0 Å². The van der Waals surface area contributed by atoms with Crippen molar-refractivity contribution < 1.29 is 9.90 Å². The molecular weight excluding hydrogens is 166 g/mol. The summed E-state index contributed by atoms with van der Waals surface area (Å²) in [4.78, 5) is 13.4. The number of carbonyl (C=O) groups is 1. The van der Waals surface area contributed by atoms with Crippen LogP contribution in [0.2, 0.25) is 0 Å². The summed E-state index contributed by atoms with van der Waals surface area (Å²) in [6.45, 7) is 1.68. The molecule has 1 heterocycles. The molecule has 1 fully saturated rings. The molecule has 0 bridgehead atoms. The van der Waals surface area contributed by atoms with E-state index in [1.807, 2.05) is 0 Å². The molecule has 1 aliphatic heterocycles. The fraction of sp³-hybridized carbons (Fsp3) is 0.300. The van der Waals surface area contributed by atoms with E-state index in [2.05, 4.69) is 0 Å². The normalized spacial score (nSPS) is 15.2. The van der Waals surface area contributed by atoms with Gasteiger partial charge >= 0.3 is 0 Å². The van der Waals surface area contributed by atoms with E-state index in [0.29, 0.717) is 5.56 Å². The summed E-state index contributed by atoms with van der Waals surface area (Å²) in [5.74, 6) is 0.161. The van der Waals surface area contributed by atoms with Gasteiger partial charge in [-0.15, -0.1) is 0 Å². The number of phenols is 1. The first kappa shape index (κ1) is 8.10. The predicted molar refractivity (Wildman–Crippen MR) is 48.6 cm³/mol. The molecule has 68 valence electrons. The van der Waals surface area contributed by atoms with E-state index in [1.165, 1.54) is 6.07 Å². The Labute approximate surface area is 76.6 Å². The van der Waals surface area contributed by atoms with Crippen LogP contribution in [0.5, 0.6) is 5.75 Å². The SMILES string of the molecule is O=C(c1cccc(O)c1)N1CCC1. The zero-order chi connectivity index (χ0) is 9.26. The van der Waals surface area contributed by atoms with E-state index >= 15 is 0 Å². The number of hydrogen-bond donors (Lipinski definition) is 1. The summed E-state index contributed by atoms with van der Waals surface area (Å²) >= 11 is 0. The van der Waals surface area contributed by atoms with E-state index in [9.17, 15) is 4.79 Å². The van der Waals surface area contributed by atoms with E-state index in [1.54, 1.807) is 23.1 Å². The third-order valence-corrected chi connectivity index (χ3v) is 2.24. The molecule has 1 saturated heterocycles. The van der Waals surface area contributed by atoms with Crippen LogP contribution in [-0.4, -0.2) is 29.0 Å². The second-order valence-electron chi connectivity index (χ2n) is 3.20. The van der Waals surface area contributed by atoms with Crippen LogP contribution in [-0.2, 0) is 0 Å². The van der Waals surface area contributed by atoms with Gasteiger partial charge in [0.2, 0.25) is 0 Å². The molecule has 1 N–H and O–H groups in total. The van der Waals surface area contributed by atoms with Gasteiger partial charge < -0.3 is 10.0 Å². The zero-order valence-electron chi connectivity index (χ0n) is 7.23. The standard InChI is InChI=1S/C10H11NO2/c12-9-4-1-3-8(7-9)10(13)11-5-2-6-11/h1,3-4,7,12H,2,5-6H2. The summed E-state index contributed by atoms with van der Waals surface area (Å²) in [6, 6.07) is 6.47.